The van der Waals surface area contributed by atoms with Crippen LogP contribution in [0.15, 0.2) is 54.6 Å². The summed E-state index contributed by atoms with van der Waals surface area (Å²) in [6.45, 7) is 0.828. The Morgan fingerprint density at radius 2 is 1.71 bits per heavy atom. The summed E-state index contributed by atoms with van der Waals surface area (Å²) in [7, 11) is 0. The number of hydrogen-bond acceptors (Lipinski definition) is 1. The van der Waals surface area contributed by atoms with E-state index in [1.165, 1.54) is 24.0 Å². The van der Waals surface area contributed by atoms with Gasteiger partial charge in [-0.15, -0.1) is 0 Å². The van der Waals surface area contributed by atoms with Crippen LogP contribution in [0.2, 0.25) is 0 Å². The molecule has 1 aliphatic heterocycles. The van der Waals surface area contributed by atoms with Crippen molar-refractivity contribution in [2.45, 2.75) is 25.2 Å². The molecular weight excluding hydrogens is 258 g/mol. The lowest BCUT2D eigenvalue weighted by molar-refractivity contribution is -0.120. The highest BCUT2D eigenvalue weighted by atomic mass is 16.2. The van der Waals surface area contributed by atoms with E-state index in [9.17, 15) is 4.79 Å². The Hall–Kier alpha value is -2.09. The molecule has 2 aliphatic rings. The zero-order valence-corrected chi connectivity index (χ0v) is 12.0. The second-order valence-electron chi connectivity index (χ2n) is 6.09. The second-order valence-corrected chi connectivity index (χ2v) is 6.09. The van der Waals surface area contributed by atoms with Gasteiger partial charge in [-0.25, -0.2) is 0 Å². The van der Waals surface area contributed by atoms with Crippen LogP contribution in [0.3, 0.4) is 0 Å². The monoisotopic (exact) mass is 277 g/mol. The highest BCUT2D eigenvalue weighted by molar-refractivity contribution is 6.00. The topological polar surface area (TPSA) is 20.3 Å². The zero-order valence-electron chi connectivity index (χ0n) is 12.0. The van der Waals surface area contributed by atoms with Crippen LogP contribution in [-0.2, 0) is 11.2 Å². The fraction of sp³-hybridized carbons (Fsp3) is 0.316. The molecule has 0 bridgehead atoms. The molecule has 1 saturated carbocycles. The zero-order chi connectivity index (χ0) is 14.2. The summed E-state index contributed by atoms with van der Waals surface area (Å²) in [4.78, 5) is 15.1. The number of benzene rings is 2. The van der Waals surface area contributed by atoms with Gasteiger partial charge in [-0.1, -0.05) is 48.5 Å². The Labute approximate surface area is 125 Å². The number of fused-ring (bicyclic) bond motifs is 1. The Kier molecular flexibility index (Phi) is 3.03. The normalized spacial score (nSPS) is 18.4. The van der Waals surface area contributed by atoms with Crippen molar-refractivity contribution in [2.24, 2.45) is 5.92 Å². The number of nitrogens with zero attached hydrogens (tertiary/aromatic N) is 1. The van der Waals surface area contributed by atoms with Gasteiger partial charge in [-0.2, -0.15) is 0 Å². The molecule has 2 nitrogen and oxygen atoms in total. The molecule has 2 aromatic carbocycles. The van der Waals surface area contributed by atoms with Crippen molar-refractivity contribution < 1.29 is 4.79 Å². The van der Waals surface area contributed by atoms with E-state index in [2.05, 4.69) is 30.3 Å². The molecule has 2 heteroatoms. The molecule has 1 aliphatic carbocycles. The smallest absolute Gasteiger partial charge is 0.234 e. The van der Waals surface area contributed by atoms with Crippen LogP contribution in [0.25, 0.3) is 0 Å². The van der Waals surface area contributed by atoms with Gasteiger partial charge in [0.25, 0.3) is 0 Å². The maximum atomic E-state index is 13.1. The third kappa shape index (κ3) is 2.25. The molecular formula is C19H19NO. The van der Waals surface area contributed by atoms with Gasteiger partial charge in [0, 0.05) is 12.2 Å². The molecule has 0 radical (unpaired) electrons. The molecule has 2 aromatic rings. The lowest BCUT2D eigenvalue weighted by atomic mass is 9.92. The van der Waals surface area contributed by atoms with Gasteiger partial charge in [0.15, 0.2) is 0 Å². The molecule has 1 amide bonds. The van der Waals surface area contributed by atoms with Crippen molar-refractivity contribution in [1.29, 1.82) is 0 Å². The molecule has 21 heavy (non-hydrogen) atoms. The number of rotatable bonds is 3. The van der Waals surface area contributed by atoms with E-state index in [-0.39, 0.29) is 11.8 Å². The lowest BCUT2D eigenvalue weighted by Crippen LogP contribution is -2.34. The minimum absolute atomic E-state index is 0.0392. The summed E-state index contributed by atoms with van der Waals surface area (Å²) in [6.07, 6.45) is 3.34. The van der Waals surface area contributed by atoms with Crippen LogP contribution in [0.5, 0.6) is 0 Å². The van der Waals surface area contributed by atoms with Gasteiger partial charge < -0.3 is 4.90 Å². The largest absolute Gasteiger partial charge is 0.311 e. The Morgan fingerprint density at radius 1 is 1.00 bits per heavy atom. The van der Waals surface area contributed by atoms with E-state index < -0.39 is 0 Å². The average molecular weight is 277 g/mol. The average Bonchev–Trinajstić information content (AvgIpc) is 3.26. The van der Waals surface area contributed by atoms with Crippen molar-refractivity contribution >= 4 is 11.6 Å². The quantitative estimate of drug-likeness (QED) is 0.836. The van der Waals surface area contributed by atoms with Crippen molar-refractivity contribution in [3.8, 4) is 0 Å². The van der Waals surface area contributed by atoms with Crippen LogP contribution < -0.4 is 4.90 Å². The third-order valence-corrected chi connectivity index (χ3v) is 4.67. The lowest BCUT2D eigenvalue weighted by Gasteiger charge is -2.24. The molecule has 0 aromatic heterocycles. The highest BCUT2D eigenvalue weighted by Crippen LogP contribution is 2.44. The summed E-state index contributed by atoms with van der Waals surface area (Å²) < 4.78 is 0. The predicted molar refractivity (Wildman–Crippen MR) is 84.4 cm³/mol. The first-order chi connectivity index (χ1) is 10.3. The fourth-order valence-corrected chi connectivity index (χ4v) is 3.44. The van der Waals surface area contributed by atoms with Gasteiger partial charge in [-0.3, -0.25) is 4.79 Å². The van der Waals surface area contributed by atoms with Gasteiger partial charge in [-0.05, 0) is 42.4 Å². The highest BCUT2D eigenvalue weighted by Gasteiger charge is 2.40. The molecule has 106 valence electrons. The van der Waals surface area contributed by atoms with Crippen molar-refractivity contribution in [1.82, 2.24) is 0 Å². The predicted octanol–water partition coefficient (Wildman–Crippen LogP) is 3.77. The van der Waals surface area contributed by atoms with E-state index in [0.717, 1.165) is 18.7 Å². The van der Waals surface area contributed by atoms with Crippen LogP contribution in [-0.4, -0.2) is 12.5 Å². The van der Waals surface area contributed by atoms with Crippen molar-refractivity contribution in [2.75, 3.05) is 11.4 Å². The summed E-state index contributed by atoms with van der Waals surface area (Å²) in [5.74, 6) is 0.860. The minimum atomic E-state index is 0.0392. The van der Waals surface area contributed by atoms with Gasteiger partial charge >= 0.3 is 0 Å². The van der Waals surface area contributed by atoms with E-state index in [1.807, 2.05) is 29.2 Å². The number of carbonyl (C=O) groups excluding carboxylic acids is 1. The molecule has 4 rings (SSSR count). The summed E-state index contributed by atoms with van der Waals surface area (Å²) >= 11 is 0. The SMILES string of the molecule is O=C(C(c1ccccc1)C1CC1)N1CCc2ccccc21. The first kappa shape index (κ1) is 12.6. The number of hydrogen-bond donors (Lipinski definition) is 0. The number of amides is 1. The van der Waals surface area contributed by atoms with Crippen LogP contribution in [0, 0.1) is 5.92 Å². The minimum Gasteiger partial charge on any atom is -0.311 e. The van der Waals surface area contributed by atoms with E-state index >= 15 is 0 Å². The molecule has 1 heterocycles. The standard InChI is InChI=1S/C19H19NO/c21-19(20-13-12-14-6-4-5-9-17(14)20)18(16-10-11-16)15-7-2-1-3-8-15/h1-9,16,18H,10-13H2. The second kappa shape index (κ2) is 5.03. The first-order valence-corrected chi connectivity index (χ1v) is 7.79. The Morgan fingerprint density at radius 3 is 2.48 bits per heavy atom. The van der Waals surface area contributed by atoms with E-state index in [4.69, 9.17) is 0 Å². The van der Waals surface area contributed by atoms with Crippen LogP contribution in [0.4, 0.5) is 5.69 Å². The maximum Gasteiger partial charge on any atom is 0.234 e. The van der Waals surface area contributed by atoms with E-state index in [0.29, 0.717) is 5.92 Å². The summed E-state index contributed by atoms with van der Waals surface area (Å²) in [5.41, 5.74) is 3.59. The number of para-hydroxylation sites is 1. The molecule has 1 atom stereocenters. The molecule has 0 spiro atoms. The van der Waals surface area contributed by atoms with Crippen molar-refractivity contribution in [3.05, 3.63) is 65.7 Å². The van der Waals surface area contributed by atoms with Gasteiger partial charge in [0.2, 0.25) is 5.91 Å². The summed E-state index contributed by atoms with van der Waals surface area (Å²) in [5, 5.41) is 0. The maximum absolute atomic E-state index is 13.1. The van der Waals surface area contributed by atoms with E-state index in [1.54, 1.807) is 0 Å². The summed E-state index contributed by atoms with van der Waals surface area (Å²) in [6, 6.07) is 18.6. The first-order valence-electron chi connectivity index (χ1n) is 7.79. The van der Waals surface area contributed by atoms with Crippen molar-refractivity contribution in [3.63, 3.8) is 0 Å². The van der Waals surface area contributed by atoms with Crippen LogP contribution >= 0.6 is 0 Å². The number of carbonyl (C=O) groups is 1. The third-order valence-electron chi connectivity index (χ3n) is 4.67. The van der Waals surface area contributed by atoms with Gasteiger partial charge in [0.1, 0.15) is 0 Å². The number of anilines is 1. The fourth-order valence-electron chi connectivity index (χ4n) is 3.44. The van der Waals surface area contributed by atoms with Gasteiger partial charge in [0.05, 0.1) is 5.92 Å². The molecule has 1 unspecified atom stereocenters. The molecule has 0 N–H and O–H groups in total. The molecule has 1 fully saturated rings. The Bertz CT molecular complexity index is 660. The van der Waals surface area contributed by atoms with Crippen LogP contribution in [0.1, 0.15) is 29.9 Å². The Balaban J connectivity index is 1.67. The molecule has 0 saturated heterocycles.